The number of piperidine rings is 1. The molecule has 1 saturated heterocycles. The molecule has 6 heteroatoms. The molecular weight excluding hydrogens is 316 g/mol. The molecule has 0 saturated carbocycles. The molecule has 2 rings (SSSR count). The molecule has 1 aromatic rings. The van der Waals surface area contributed by atoms with E-state index in [-0.39, 0.29) is 16.8 Å². The molecule has 2 amide bonds. The van der Waals surface area contributed by atoms with Gasteiger partial charge in [0.25, 0.3) is 0 Å². The van der Waals surface area contributed by atoms with Crippen molar-refractivity contribution in [1.29, 1.82) is 0 Å². The van der Waals surface area contributed by atoms with E-state index in [0.717, 1.165) is 0 Å². The van der Waals surface area contributed by atoms with Crippen molar-refractivity contribution in [3.8, 4) is 0 Å². The molecule has 0 radical (unpaired) electrons. The Morgan fingerprint density at radius 3 is 2.39 bits per heavy atom. The van der Waals surface area contributed by atoms with E-state index in [1.54, 1.807) is 18.2 Å². The van der Waals surface area contributed by atoms with Gasteiger partial charge in [-0.25, -0.2) is 4.90 Å². The van der Waals surface area contributed by atoms with Crippen molar-refractivity contribution in [2.75, 3.05) is 4.90 Å². The highest BCUT2D eigenvalue weighted by molar-refractivity contribution is 9.10. The summed E-state index contributed by atoms with van der Waals surface area (Å²) in [5.74, 6) is -0.343. The summed E-state index contributed by atoms with van der Waals surface area (Å²) in [5, 5.41) is 0. The van der Waals surface area contributed by atoms with Crippen molar-refractivity contribution in [1.82, 2.24) is 0 Å². The molecule has 0 spiro atoms. The molecule has 2 N–H and O–H groups in total. The number of halogens is 1. The molecule has 94 valence electrons. The number of nitrogens with two attached hydrogens (primary N) is 1. The fraction of sp³-hybridized carbons (Fsp3) is 0.250. The average molecular weight is 327 g/mol. The Hall–Kier alpha value is -1.27. The predicted molar refractivity (Wildman–Crippen MR) is 76.4 cm³/mol. The molecule has 0 unspecified atom stereocenters. The SMILES string of the molecule is NC(=S)c1ccc(N2C(=O)CCCC2=O)c(Br)c1. The van der Waals surface area contributed by atoms with Gasteiger partial charge < -0.3 is 5.73 Å². The number of amides is 2. The first-order valence-electron chi connectivity index (χ1n) is 5.46. The lowest BCUT2D eigenvalue weighted by atomic mass is 10.1. The largest absolute Gasteiger partial charge is 0.389 e. The van der Waals surface area contributed by atoms with Crippen molar-refractivity contribution in [2.24, 2.45) is 5.73 Å². The number of rotatable bonds is 2. The van der Waals surface area contributed by atoms with Gasteiger partial charge in [-0.3, -0.25) is 9.59 Å². The molecule has 1 aromatic carbocycles. The molecule has 1 fully saturated rings. The number of imide groups is 1. The van der Waals surface area contributed by atoms with E-state index < -0.39 is 0 Å². The number of hydrogen-bond acceptors (Lipinski definition) is 3. The number of carbonyl (C=O) groups excluding carboxylic acids is 2. The summed E-state index contributed by atoms with van der Waals surface area (Å²) in [4.78, 5) is 25.1. The van der Waals surface area contributed by atoms with Crippen LogP contribution in [0.3, 0.4) is 0 Å². The highest BCUT2D eigenvalue weighted by Crippen LogP contribution is 2.30. The van der Waals surface area contributed by atoms with Gasteiger partial charge in [0.2, 0.25) is 11.8 Å². The molecule has 1 aliphatic heterocycles. The second kappa shape index (κ2) is 5.16. The quantitative estimate of drug-likeness (QED) is 0.668. The maximum absolute atomic E-state index is 11.8. The summed E-state index contributed by atoms with van der Waals surface area (Å²) in [6.07, 6.45) is 1.42. The summed E-state index contributed by atoms with van der Waals surface area (Å²) in [5.41, 5.74) is 6.77. The number of anilines is 1. The Balaban J connectivity index is 2.41. The van der Waals surface area contributed by atoms with Crippen LogP contribution in [0.25, 0.3) is 0 Å². The van der Waals surface area contributed by atoms with Gasteiger partial charge in [0, 0.05) is 22.9 Å². The Morgan fingerprint density at radius 1 is 1.28 bits per heavy atom. The first kappa shape index (κ1) is 13.2. The van der Waals surface area contributed by atoms with Crippen LogP contribution in [-0.4, -0.2) is 16.8 Å². The molecule has 4 nitrogen and oxygen atoms in total. The van der Waals surface area contributed by atoms with Gasteiger partial charge in [0.15, 0.2) is 0 Å². The molecule has 18 heavy (non-hydrogen) atoms. The standard InChI is InChI=1S/C12H11BrN2O2S/c13-8-6-7(12(14)18)4-5-9(8)15-10(16)2-1-3-11(15)17/h4-6H,1-3H2,(H2,14,18). The van der Waals surface area contributed by atoms with Crippen molar-refractivity contribution >= 4 is 50.6 Å². The van der Waals surface area contributed by atoms with E-state index in [1.165, 1.54) is 4.90 Å². The Labute approximate surface area is 118 Å². The summed E-state index contributed by atoms with van der Waals surface area (Å²) in [7, 11) is 0. The fourth-order valence-electron chi connectivity index (χ4n) is 1.86. The highest BCUT2D eigenvalue weighted by atomic mass is 79.9. The van der Waals surface area contributed by atoms with Gasteiger partial charge >= 0.3 is 0 Å². The van der Waals surface area contributed by atoms with Gasteiger partial charge in [0.05, 0.1) is 5.69 Å². The third kappa shape index (κ3) is 2.44. The molecular formula is C12H11BrN2O2S. The zero-order valence-electron chi connectivity index (χ0n) is 9.48. The molecule has 0 aliphatic carbocycles. The smallest absolute Gasteiger partial charge is 0.233 e. The van der Waals surface area contributed by atoms with E-state index in [2.05, 4.69) is 15.9 Å². The van der Waals surface area contributed by atoms with E-state index in [0.29, 0.717) is 35.0 Å². The van der Waals surface area contributed by atoms with E-state index in [9.17, 15) is 9.59 Å². The summed E-state index contributed by atoms with van der Waals surface area (Å²) in [6.45, 7) is 0. The summed E-state index contributed by atoms with van der Waals surface area (Å²) < 4.78 is 0.636. The highest BCUT2D eigenvalue weighted by Gasteiger charge is 2.28. The zero-order valence-corrected chi connectivity index (χ0v) is 11.9. The van der Waals surface area contributed by atoms with Gasteiger partial charge in [-0.05, 0) is 40.5 Å². The van der Waals surface area contributed by atoms with Crippen LogP contribution >= 0.6 is 28.1 Å². The van der Waals surface area contributed by atoms with Crippen molar-refractivity contribution in [3.63, 3.8) is 0 Å². The van der Waals surface area contributed by atoms with Crippen LogP contribution in [0.4, 0.5) is 5.69 Å². The van der Waals surface area contributed by atoms with Crippen LogP contribution in [0.15, 0.2) is 22.7 Å². The Morgan fingerprint density at radius 2 is 1.89 bits per heavy atom. The molecule has 0 aromatic heterocycles. The van der Waals surface area contributed by atoms with E-state index >= 15 is 0 Å². The molecule has 0 bridgehead atoms. The fourth-order valence-corrected chi connectivity index (χ4v) is 2.55. The topological polar surface area (TPSA) is 63.4 Å². The minimum Gasteiger partial charge on any atom is -0.389 e. The third-order valence-corrected chi connectivity index (χ3v) is 3.62. The normalized spacial score (nSPS) is 15.9. The second-order valence-electron chi connectivity index (χ2n) is 4.01. The van der Waals surface area contributed by atoms with Crippen LogP contribution in [0.5, 0.6) is 0 Å². The van der Waals surface area contributed by atoms with Gasteiger partial charge in [-0.15, -0.1) is 0 Å². The lowest BCUT2D eigenvalue weighted by Gasteiger charge is -2.26. The van der Waals surface area contributed by atoms with Crippen molar-refractivity contribution < 1.29 is 9.59 Å². The lowest BCUT2D eigenvalue weighted by molar-refractivity contribution is -0.129. The zero-order chi connectivity index (χ0) is 13.3. The summed E-state index contributed by atoms with van der Waals surface area (Å²) >= 11 is 8.22. The van der Waals surface area contributed by atoms with Gasteiger partial charge in [-0.1, -0.05) is 12.2 Å². The number of nitrogens with zero attached hydrogens (tertiary/aromatic N) is 1. The predicted octanol–water partition coefficient (Wildman–Crippen LogP) is 2.13. The van der Waals surface area contributed by atoms with Crippen LogP contribution < -0.4 is 10.6 Å². The summed E-state index contributed by atoms with van der Waals surface area (Å²) in [6, 6.07) is 5.10. The minimum absolute atomic E-state index is 0.171. The van der Waals surface area contributed by atoms with E-state index in [4.69, 9.17) is 18.0 Å². The van der Waals surface area contributed by atoms with Gasteiger partial charge in [-0.2, -0.15) is 0 Å². The lowest BCUT2D eigenvalue weighted by Crippen LogP contribution is -2.40. The number of hydrogen-bond donors (Lipinski definition) is 1. The first-order valence-corrected chi connectivity index (χ1v) is 6.66. The maximum atomic E-state index is 11.8. The van der Waals surface area contributed by atoms with Crippen molar-refractivity contribution in [3.05, 3.63) is 28.2 Å². The van der Waals surface area contributed by atoms with Crippen LogP contribution in [0.1, 0.15) is 24.8 Å². The van der Waals surface area contributed by atoms with Crippen molar-refractivity contribution in [2.45, 2.75) is 19.3 Å². The second-order valence-corrected chi connectivity index (χ2v) is 5.30. The third-order valence-electron chi connectivity index (χ3n) is 2.75. The first-order chi connectivity index (χ1) is 8.50. The Kier molecular flexibility index (Phi) is 3.77. The monoisotopic (exact) mass is 326 g/mol. The Bertz CT molecular complexity index is 529. The number of carbonyl (C=O) groups is 2. The molecule has 1 aliphatic rings. The van der Waals surface area contributed by atoms with Gasteiger partial charge in [0.1, 0.15) is 4.99 Å². The number of thiocarbonyl (C=S) groups is 1. The van der Waals surface area contributed by atoms with Crippen LogP contribution in [0.2, 0.25) is 0 Å². The number of benzene rings is 1. The van der Waals surface area contributed by atoms with Crippen LogP contribution in [0, 0.1) is 0 Å². The average Bonchev–Trinajstić information content (AvgIpc) is 2.30. The molecule has 0 atom stereocenters. The van der Waals surface area contributed by atoms with Crippen LogP contribution in [-0.2, 0) is 9.59 Å². The van der Waals surface area contributed by atoms with E-state index in [1.807, 2.05) is 0 Å². The molecule has 1 heterocycles. The minimum atomic E-state index is -0.171. The maximum Gasteiger partial charge on any atom is 0.233 e.